The third-order valence-electron chi connectivity index (χ3n) is 3.68. The van der Waals surface area contributed by atoms with Gasteiger partial charge in [0.2, 0.25) is 5.16 Å². The topological polar surface area (TPSA) is 75.2 Å². The van der Waals surface area contributed by atoms with Gasteiger partial charge in [-0.25, -0.2) is 9.07 Å². The standard InChI is InChI=1S/C18H19FN4O2S/c1-24-14-6-8-15(9-7-14)25-10-11-26-18-22-21-17(23(18)20)12-13-4-2-3-5-16(13)19/h2-9H,10-12,20H2,1H3. The minimum atomic E-state index is -0.280. The van der Waals surface area contributed by atoms with Crippen LogP contribution in [0.2, 0.25) is 0 Å². The van der Waals surface area contributed by atoms with E-state index < -0.39 is 0 Å². The van der Waals surface area contributed by atoms with Gasteiger partial charge in [-0.1, -0.05) is 30.0 Å². The van der Waals surface area contributed by atoms with E-state index in [1.54, 1.807) is 25.3 Å². The summed E-state index contributed by atoms with van der Waals surface area (Å²) in [5.41, 5.74) is 0.533. The van der Waals surface area contributed by atoms with Gasteiger partial charge in [0.05, 0.1) is 13.7 Å². The first-order valence-electron chi connectivity index (χ1n) is 8.00. The van der Waals surface area contributed by atoms with E-state index in [1.807, 2.05) is 24.3 Å². The fourth-order valence-electron chi connectivity index (χ4n) is 2.30. The van der Waals surface area contributed by atoms with Crippen LogP contribution in [0.4, 0.5) is 4.39 Å². The van der Waals surface area contributed by atoms with Gasteiger partial charge in [-0.05, 0) is 35.9 Å². The van der Waals surface area contributed by atoms with Crippen molar-refractivity contribution in [2.24, 2.45) is 0 Å². The van der Waals surface area contributed by atoms with Crippen LogP contribution in [-0.2, 0) is 6.42 Å². The van der Waals surface area contributed by atoms with Crippen LogP contribution in [0.5, 0.6) is 11.5 Å². The first kappa shape index (κ1) is 18.1. The fraction of sp³-hybridized carbons (Fsp3) is 0.222. The van der Waals surface area contributed by atoms with Crippen molar-refractivity contribution in [1.29, 1.82) is 0 Å². The molecule has 0 atom stereocenters. The normalized spacial score (nSPS) is 10.7. The van der Waals surface area contributed by atoms with Gasteiger partial charge >= 0.3 is 0 Å². The number of nitrogens with two attached hydrogens (primary N) is 1. The average molecular weight is 374 g/mol. The summed E-state index contributed by atoms with van der Waals surface area (Å²) in [6, 6.07) is 13.9. The van der Waals surface area contributed by atoms with Gasteiger partial charge < -0.3 is 15.3 Å². The van der Waals surface area contributed by atoms with E-state index in [0.29, 0.717) is 35.3 Å². The molecule has 0 aliphatic carbocycles. The van der Waals surface area contributed by atoms with Crippen LogP contribution >= 0.6 is 11.8 Å². The number of thioether (sulfide) groups is 1. The van der Waals surface area contributed by atoms with Crippen molar-refractivity contribution in [1.82, 2.24) is 14.9 Å². The molecule has 0 aliphatic heterocycles. The Balaban J connectivity index is 1.51. The summed E-state index contributed by atoms with van der Waals surface area (Å²) in [7, 11) is 1.62. The maximum atomic E-state index is 13.7. The van der Waals surface area contributed by atoms with E-state index in [1.165, 1.54) is 22.5 Å². The van der Waals surface area contributed by atoms with Crippen molar-refractivity contribution in [3.8, 4) is 11.5 Å². The van der Waals surface area contributed by atoms with Crippen molar-refractivity contribution < 1.29 is 13.9 Å². The predicted octanol–water partition coefficient (Wildman–Crippen LogP) is 2.90. The Morgan fingerprint density at radius 2 is 1.81 bits per heavy atom. The molecule has 1 aromatic heterocycles. The van der Waals surface area contributed by atoms with Crippen molar-refractivity contribution in [3.05, 3.63) is 65.7 Å². The Bertz CT molecular complexity index is 855. The van der Waals surface area contributed by atoms with E-state index >= 15 is 0 Å². The second-order valence-electron chi connectivity index (χ2n) is 5.41. The van der Waals surface area contributed by atoms with Crippen LogP contribution < -0.4 is 15.3 Å². The quantitative estimate of drug-likeness (QED) is 0.371. The zero-order valence-corrected chi connectivity index (χ0v) is 15.1. The van der Waals surface area contributed by atoms with Crippen molar-refractivity contribution in [2.45, 2.75) is 11.6 Å². The molecule has 0 amide bonds. The number of halogens is 1. The highest BCUT2D eigenvalue weighted by Gasteiger charge is 2.12. The van der Waals surface area contributed by atoms with Crippen LogP contribution in [0.1, 0.15) is 11.4 Å². The monoisotopic (exact) mass is 374 g/mol. The molecule has 136 valence electrons. The number of hydrogen-bond donors (Lipinski definition) is 1. The van der Waals surface area contributed by atoms with Gasteiger partial charge in [0.25, 0.3) is 0 Å². The first-order chi connectivity index (χ1) is 12.7. The minimum Gasteiger partial charge on any atom is -0.497 e. The van der Waals surface area contributed by atoms with Crippen molar-refractivity contribution >= 4 is 11.8 Å². The molecule has 0 bridgehead atoms. The lowest BCUT2D eigenvalue weighted by Crippen LogP contribution is -2.15. The molecule has 2 aromatic carbocycles. The molecule has 0 fully saturated rings. The molecule has 8 heteroatoms. The highest BCUT2D eigenvalue weighted by molar-refractivity contribution is 7.99. The van der Waals surface area contributed by atoms with Crippen LogP contribution in [0.3, 0.4) is 0 Å². The second-order valence-corrected chi connectivity index (χ2v) is 6.47. The summed E-state index contributed by atoms with van der Waals surface area (Å²) < 4.78 is 25.9. The van der Waals surface area contributed by atoms with Gasteiger partial charge in [0, 0.05) is 12.2 Å². The molecule has 0 unspecified atom stereocenters. The molecule has 2 N–H and O–H groups in total. The summed E-state index contributed by atoms with van der Waals surface area (Å²) in [4.78, 5) is 0. The van der Waals surface area contributed by atoms with E-state index in [9.17, 15) is 4.39 Å². The maximum Gasteiger partial charge on any atom is 0.209 e. The molecule has 26 heavy (non-hydrogen) atoms. The lowest BCUT2D eigenvalue weighted by Gasteiger charge is -2.07. The van der Waals surface area contributed by atoms with Crippen molar-refractivity contribution in [2.75, 3.05) is 25.3 Å². The lowest BCUT2D eigenvalue weighted by atomic mass is 10.1. The molecule has 0 saturated heterocycles. The number of rotatable bonds is 8. The molecular formula is C18H19FN4O2S. The summed E-state index contributed by atoms with van der Waals surface area (Å²) in [6.07, 6.45) is 0.291. The molecule has 3 rings (SSSR count). The average Bonchev–Trinajstić information content (AvgIpc) is 3.01. The molecule has 0 aliphatic rings. The highest BCUT2D eigenvalue weighted by atomic mass is 32.2. The van der Waals surface area contributed by atoms with Crippen molar-refractivity contribution in [3.63, 3.8) is 0 Å². The molecule has 0 saturated carbocycles. The highest BCUT2D eigenvalue weighted by Crippen LogP contribution is 2.19. The number of aromatic nitrogens is 3. The number of ether oxygens (including phenoxy) is 2. The Morgan fingerprint density at radius 3 is 2.54 bits per heavy atom. The lowest BCUT2D eigenvalue weighted by molar-refractivity contribution is 0.342. The molecule has 0 spiro atoms. The van der Waals surface area contributed by atoms with Gasteiger partial charge in [0.1, 0.15) is 17.3 Å². The third kappa shape index (κ3) is 4.45. The summed E-state index contributed by atoms with van der Waals surface area (Å²) in [5, 5.41) is 8.68. The van der Waals surface area contributed by atoms with Gasteiger partial charge in [-0.3, -0.25) is 0 Å². The number of nitrogens with zero attached hydrogens (tertiary/aromatic N) is 3. The Kier molecular flexibility index (Phi) is 5.96. The zero-order valence-electron chi connectivity index (χ0n) is 14.3. The summed E-state index contributed by atoms with van der Waals surface area (Å²) in [6.45, 7) is 0.493. The number of hydrogen-bond acceptors (Lipinski definition) is 6. The van der Waals surface area contributed by atoms with Crippen LogP contribution in [0.25, 0.3) is 0 Å². The largest absolute Gasteiger partial charge is 0.497 e. The molecular weight excluding hydrogens is 355 g/mol. The van der Waals surface area contributed by atoms with Crippen LogP contribution in [-0.4, -0.2) is 34.3 Å². The molecule has 1 heterocycles. The Labute approximate surface area is 155 Å². The Morgan fingerprint density at radius 1 is 1.08 bits per heavy atom. The third-order valence-corrected chi connectivity index (χ3v) is 4.59. The zero-order chi connectivity index (χ0) is 18.4. The number of methoxy groups -OCH3 is 1. The molecule has 6 nitrogen and oxygen atoms in total. The van der Waals surface area contributed by atoms with Gasteiger partial charge in [0.15, 0.2) is 5.82 Å². The summed E-state index contributed by atoms with van der Waals surface area (Å²) in [5.74, 6) is 8.45. The fourth-order valence-corrected chi connectivity index (χ4v) is 2.99. The predicted molar refractivity (Wildman–Crippen MR) is 98.6 cm³/mol. The molecule has 3 aromatic rings. The number of nitrogen functional groups attached to an aromatic ring is 1. The van der Waals surface area contributed by atoms with Gasteiger partial charge in [-0.15, -0.1) is 10.2 Å². The van der Waals surface area contributed by atoms with E-state index in [0.717, 1.165) is 11.5 Å². The van der Waals surface area contributed by atoms with Crippen LogP contribution in [0.15, 0.2) is 53.7 Å². The van der Waals surface area contributed by atoms with Crippen LogP contribution in [0, 0.1) is 5.82 Å². The second kappa shape index (κ2) is 8.57. The van der Waals surface area contributed by atoms with E-state index in [4.69, 9.17) is 15.3 Å². The number of benzene rings is 2. The minimum absolute atomic E-state index is 0.280. The smallest absolute Gasteiger partial charge is 0.209 e. The first-order valence-corrected chi connectivity index (χ1v) is 8.98. The maximum absolute atomic E-state index is 13.7. The molecule has 0 radical (unpaired) electrons. The summed E-state index contributed by atoms with van der Waals surface area (Å²) >= 11 is 1.43. The SMILES string of the molecule is COc1ccc(OCCSc2nnc(Cc3ccccc3F)n2N)cc1. The Hall–Kier alpha value is -2.74. The van der Waals surface area contributed by atoms with E-state index in [2.05, 4.69) is 10.2 Å². The van der Waals surface area contributed by atoms with Gasteiger partial charge in [-0.2, -0.15) is 0 Å². The van der Waals surface area contributed by atoms with E-state index in [-0.39, 0.29) is 5.82 Å².